The van der Waals surface area contributed by atoms with Crippen molar-refractivity contribution in [1.82, 2.24) is 4.90 Å². The first-order valence-electron chi connectivity index (χ1n) is 6.25. The van der Waals surface area contributed by atoms with E-state index in [2.05, 4.69) is 22.5 Å². The maximum absolute atomic E-state index is 12.3. The first-order chi connectivity index (χ1) is 9.15. The lowest BCUT2D eigenvalue weighted by Crippen LogP contribution is -2.30. The maximum atomic E-state index is 12.3. The first kappa shape index (κ1) is 13.8. The Morgan fingerprint density at radius 3 is 2.63 bits per heavy atom. The lowest BCUT2D eigenvalue weighted by molar-refractivity contribution is 0.0782. The molecular weight excluding hydrogens is 302 g/mol. The zero-order valence-corrected chi connectivity index (χ0v) is 12.5. The summed E-state index contributed by atoms with van der Waals surface area (Å²) in [6.07, 6.45) is 1.75. The third-order valence-corrected chi connectivity index (χ3v) is 3.56. The SMILES string of the molecule is C=CCN(CC)C(=O)c1ccc2cc(Br)ccc2c1. The van der Waals surface area contributed by atoms with E-state index in [-0.39, 0.29) is 5.91 Å². The van der Waals surface area contributed by atoms with Gasteiger partial charge in [0.2, 0.25) is 0 Å². The fourth-order valence-corrected chi connectivity index (χ4v) is 2.42. The molecule has 0 heterocycles. The van der Waals surface area contributed by atoms with Gasteiger partial charge in [0.15, 0.2) is 0 Å². The summed E-state index contributed by atoms with van der Waals surface area (Å²) in [5, 5.41) is 2.20. The molecule has 2 aromatic carbocycles. The third-order valence-electron chi connectivity index (χ3n) is 3.07. The van der Waals surface area contributed by atoms with Crippen molar-refractivity contribution in [1.29, 1.82) is 0 Å². The molecule has 0 unspecified atom stereocenters. The molecule has 0 aliphatic carbocycles. The summed E-state index contributed by atoms with van der Waals surface area (Å²) in [4.78, 5) is 14.1. The van der Waals surface area contributed by atoms with E-state index in [1.165, 1.54) is 0 Å². The monoisotopic (exact) mass is 317 g/mol. The zero-order chi connectivity index (χ0) is 13.8. The highest BCUT2D eigenvalue weighted by Gasteiger charge is 2.12. The van der Waals surface area contributed by atoms with Crippen LogP contribution in [0.1, 0.15) is 17.3 Å². The Kier molecular flexibility index (Phi) is 4.38. The second-order valence-electron chi connectivity index (χ2n) is 4.34. The molecule has 0 saturated carbocycles. The Labute approximate surface area is 121 Å². The van der Waals surface area contributed by atoms with Crippen LogP contribution in [0, 0.1) is 0 Å². The van der Waals surface area contributed by atoms with Gasteiger partial charge in [0, 0.05) is 23.1 Å². The van der Waals surface area contributed by atoms with Crippen LogP contribution >= 0.6 is 15.9 Å². The van der Waals surface area contributed by atoms with Crippen molar-refractivity contribution in [3.8, 4) is 0 Å². The lowest BCUT2D eigenvalue weighted by Gasteiger charge is -2.19. The fraction of sp³-hybridized carbons (Fsp3) is 0.188. The Bertz CT molecular complexity index is 621. The lowest BCUT2D eigenvalue weighted by atomic mass is 10.1. The second kappa shape index (κ2) is 6.02. The van der Waals surface area contributed by atoms with Crippen molar-refractivity contribution in [2.75, 3.05) is 13.1 Å². The smallest absolute Gasteiger partial charge is 0.254 e. The van der Waals surface area contributed by atoms with Gasteiger partial charge in [-0.15, -0.1) is 6.58 Å². The van der Waals surface area contributed by atoms with Crippen molar-refractivity contribution >= 4 is 32.6 Å². The Balaban J connectivity index is 2.37. The van der Waals surface area contributed by atoms with E-state index in [0.29, 0.717) is 13.1 Å². The zero-order valence-electron chi connectivity index (χ0n) is 10.9. The van der Waals surface area contributed by atoms with Crippen molar-refractivity contribution in [2.45, 2.75) is 6.92 Å². The average Bonchev–Trinajstić information content (AvgIpc) is 2.43. The Hall–Kier alpha value is -1.61. The Morgan fingerprint density at radius 1 is 1.26 bits per heavy atom. The average molecular weight is 318 g/mol. The van der Waals surface area contributed by atoms with E-state index in [1.54, 1.807) is 11.0 Å². The van der Waals surface area contributed by atoms with Crippen molar-refractivity contribution in [3.63, 3.8) is 0 Å². The van der Waals surface area contributed by atoms with Crippen LogP contribution in [0.5, 0.6) is 0 Å². The molecule has 0 saturated heterocycles. The van der Waals surface area contributed by atoms with Gasteiger partial charge in [0.05, 0.1) is 0 Å². The number of rotatable bonds is 4. The van der Waals surface area contributed by atoms with E-state index in [4.69, 9.17) is 0 Å². The highest BCUT2D eigenvalue weighted by molar-refractivity contribution is 9.10. The number of likely N-dealkylation sites (N-methyl/N-ethyl adjacent to an activating group) is 1. The number of carbonyl (C=O) groups excluding carboxylic acids is 1. The molecule has 98 valence electrons. The second-order valence-corrected chi connectivity index (χ2v) is 5.25. The van der Waals surface area contributed by atoms with Gasteiger partial charge in [0.1, 0.15) is 0 Å². The molecule has 0 N–H and O–H groups in total. The van der Waals surface area contributed by atoms with Crippen LogP contribution in [0.2, 0.25) is 0 Å². The summed E-state index contributed by atoms with van der Waals surface area (Å²) in [5.41, 5.74) is 0.721. The topological polar surface area (TPSA) is 20.3 Å². The predicted octanol–water partition coefficient (Wildman–Crippen LogP) is 4.25. The van der Waals surface area contributed by atoms with E-state index in [1.807, 2.05) is 43.3 Å². The van der Waals surface area contributed by atoms with Crippen LogP contribution in [0.3, 0.4) is 0 Å². The van der Waals surface area contributed by atoms with E-state index in [9.17, 15) is 4.79 Å². The number of benzene rings is 2. The number of halogens is 1. The van der Waals surface area contributed by atoms with Crippen molar-refractivity contribution < 1.29 is 4.79 Å². The summed E-state index contributed by atoms with van der Waals surface area (Å²) in [6, 6.07) is 11.8. The van der Waals surface area contributed by atoms with Crippen molar-refractivity contribution in [3.05, 3.63) is 59.1 Å². The van der Waals surface area contributed by atoms with Crippen LogP contribution in [0.25, 0.3) is 10.8 Å². The van der Waals surface area contributed by atoms with Gasteiger partial charge in [-0.3, -0.25) is 4.79 Å². The number of amides is 1. The number of hydrogen-bond acceptors (Lipinski definition) is 1. The molecule has 19 heavy (non-hydrogen) atoms. The third kappa shape index (κ3) is 3.04. The van der Waals surface area contributed by atoms with Crippen LogP contribution in [-0.2, 0) is 0 Å². The fourth-order valence-electron chi connectivity index (χ4n) is 2.04. The van der Waals surface area contributed by atoms with Crippen LogP contribution in [-0.4, -0.2) is 23.9 Å². The van der Waals surface area contributed by atoms with Crippen LogP contribution < -0.4 is 0 Å². The van der Waals surface area contributed by atoms with Gasteiger partial charge >= 0.3 is 0 Å². The summed E-state index contributed by atoms with van der Waals surface area (Å²) in [5.74, 6) is 0.0484. The molecule has 0 aliphatic heterocycles. The molecule has 0 bridgehead atoms. The van der Waals surface area contributed by atoms with Crippen LogP contribution in [0.4, 0.5) is 0 Å². The van der Waals surface area contributed by atoms with Gasteiger partial charge in [-0.05, 0) is 42.0 Å². The molecule has 0 fully saturated rings. The van der Waals surface area contributed by atoms with Gasteiger partial charge < -0.3 is 4.90 Å². The van der Waals surface area contributed by atoms with E-state index >= 15 is 0 Å². The molecular formula is C16H16BrNO. The molecule has 0 aromatic heterocycles. The normalized spacial score (nSPS) is 10.4. The predicted molar refractivity (Wildman–Crippen MR) is 83.4 cm³/mol. The molecule has 2 aromatic rings. The molecule has 2 nitrogen and oxygen atoms in total. The summed E-state index contributed by atoms with van der Waals surface area (Å²) >= 11 is 3.45. The largest absolute Gasteiger partial charge is 0.335 e. The standard InChI is InChI=1S/C16H16BrNO/c1-3-9-18(4-2)16(19)14-6-5-13-11-15(17)8-7-12(13)10-14/h3,5-8,10-11H,1,4,9H2,2H3. The minimum absolute atomic E-state index is 0.0484. The quantitative estimate of drug-likeness (QED) is 0.772. The van der Waals surface area contributed by atoms with E-state index < -0.39 is 0 Å². The maximum Gasteiger partial charge on any atom is 0.254 e. The van der Waals surface area contributed by atoms with Gasteiger partial charge in [-0.2, -0.15) is 0 Å². The summed E-state index contributed by atoms with van der Waals surface area (Å²) in [7, 11) is 0. The molecule has 2 rings (SSSR count). The molecule has 0 aliphatic rings. The number of nitrogens with zero attached hydrogens (tertiary/aromatic N) is 1. The Morgan fingerprint density at radius 2 is 1.95 bits per heavy atom. The molecule has 0 atom stereocenters. The van der Waals surface area contributed by atoms with Gasteiger partial charge in [-0.25, -0.2) is 0 Å². The van der Waals surface area contributed by atoms with Gasteiger partial charge in [-0.1, -0.05) is 34.1 Å². The minimum atomic E-state index is 0.0484. The molecule has 3 heteroatoms. The number of hydrogen-bond donors (Lipinski definition) is 0. The number of carbonyl (C=O) groups is 1. The summed E-state index contributed by atoms with van der Waals surface area (Å²) < 4.78 is 1.04. The molecule has 0 radical (unpaired) electrons. The highest BCUT2D eigenvalue weighted by atomic mass is 79.9. The van der Waals surface area contributed by atoms with Crippen LogP contribution in [0.15, 0.2) is 53.5 Å². The minimum Gasteiger partial charge on any atom is -0.335 e. The summed E-state index contributed by atoms with van der Waals surface area (Å²) in [6.45, 7) is 6.92. The number of fused-ring (bicyclic) bond motifs is 1. The van der Waals surface area contributed by atoms with E-state index in [0.717, 1.165) is 20.8 Å². The van der Waals surface area contributed by atoms with Crippen molar-refractivity contribution in [2.24, 2.45) is 0 Å². The highest BCUT2D eigenvalue weighted by Crippen LogP contribution is 2.21. The molecule has 0 spiro atoms. The molecule has 1 amide bonds. The van der Waals surface area contributed by atoms with Gasteiger partial charge in [0.25, 0.3) is 5.91 Å². The first-order valence-corrected chi connectivity index (χ1v) is 7.04.